The van der Waals surface area contributed by atoms with Gasteiger partial charge in [0.25, 0.3) is 0 Å². The molecular formula is C19H21ClO3S. The summed E-state index contributed by atoms with van der Waals surface area (Å²) in [6.07, 6.45) is 0.314. The van der Waals surface area contributed by atoms with E-state index < -0.39 is 0 Å². The number of ether oxygens (including phenoxy) is 2. The van der Waals surface area contributed by atoms with E-state index in [4.69, 9.17) is 21.1 Å². The van der Waals surface area contributed by atoms with Gasteiger partial charge in [0.05, 0.1) is 5.02 Å². The van der Waals surface area contributed by atoms with Gasteiger partial charge in [-0.2, -0.15) is 12.6 Å². The molecule has 24 heavy (non-hydrogen) atoms. The molecule has 0 atom stereocenters. The van der Waals surface area contributed by atoms with Gasteiger partial charge in [0.2, 0.25) is 0 Å². The molecule has 0 spiro atoms. The lowest BCUT2D eigenvalue weighted by atomic mass is 10.1. The molecule has 0 aliphatic carbocycles. The van der Waals surface area contributed by atoms with Gasteiger partial charge in [-0.25, -0.2) is 0 Å². The maximum atomic E-state index is 11.6. The van der Waals surface area contributed by atoms with Crippen LogP contribution in [0.25, 0.3) is 0 Å². The van der Waals surface area contributed by atoms with Crippen molar-refractivity contribution in [2.75, 3.05) is 0 Å². The standard InChI is InChI=1S/C19H21ClO3S/c1-4-19(21)23-17-7-5-6-14(11-24)15(17)10-22-18-9-13(3)12(2)8-16(18)20/h5-9,24H,4,10-11H2,1-3H3. The number of hydrogen-bond acceptors (Lipinski definition) is 4. The highest BCUT2D eigenvalue weighted by atomic mass is 35.5. The van der Waals surface area contributed by atoms with E-state index in [2.05, 4.69) is 12.6 Å². The zero-order valence-electron chi connectivity index (χ0n) is 14.1. The summed E-state index contributed by atoms with van der Waals surface area (Å²) in [5, 5.41) is 0.563. The Morgan fingerprint density at radius 3 is 2.54 bits per heavy atom. The highest BCUT2D eigenvalue weighted by Crippen LogP contribution is 2.31. The SMILES string of the molecule is CCC(=O)Oc1cccc(CS)c1COc1cc(C)c(C)cc1Cl. The van der Waals surface area contributed by atoms with Gasteiger partial charge in [-0.05, 0) is 48.7 Å². The molecule has 0 unspecified atom stereocenters. The highest BCUT2D eigenvalue weighted by molar-refractivity contribution is 7.79. The zero-order chi connectivity index (χ0) is 17.7. The largest absolute Gasteiger partial charge is 0.487 e. The van der Waals surface area contributed by atoms with Crippen molar-refractivity contribution in [2.45, 2.75) is 39.6 Å². The summed E-state index contributed by atoms with van der Waals surface area (Å²) in [6.45, 7) is 6.03. The van der Waals surface area contributed by atoms with Crippen LogP contribution in [0.3, 0.4) is 0 Å². The average Bonchev–Trinajstić information content (AvgIpc) is 2.57. The van der Waals surface area contributed by atoms with Crippen molar-refractivity contribution in [3.05, 3.63) is 57.6 Å². The Morgan fingerprint density at radius 2 is 1.88 bits per heavy atom. The molecule has 0 aliphatic heterocycles. The molecule has 5 heteroatoms. The molecular weight excluding hydrogens is 344 g/mol. The fourth-order valence-corrected chi connectivity index (χ4v) is 2.80. The summed E-state index contributed by atoms with van der Waals surface area (Å²) >= 11 is 10.6. The number of carbonyl (C=O) groups is 1. The highest BCUT2D eigenvalue weighted by Gasteiger charge is 2.14. The Bertz CT molecular complexity index is 744. The van der Waals surface area contributed by atoms with Gasteiger partial charge >= 0.3 is 5.97 Å². The number of esters is 1. The van der Waals surface area contributed by atoms with Gasteiger partial charge in [-0.1, -0.05) is 30.7 Å². The minimum atomic E-state index is -0.281. The minimum Gasteiger partial charge on any atom is -0.487 e. The van der Waals surface area contributed by atoms with E-state index in [0.29, 0.717) is 28.7 Å². The summed E-state index contributed by atoms with van der Waals surface area (Å²) in [4.78, 5) is 11.6. The third-order valence-electron chi connectivity index (χ3n) is 3.83. The topological polar surface area (TPSA) is 35.5 Å². The predicted molar refractivity (Wildman–Crippen MR) is 100 cm³/mol. The molecule has 0 saturated heterocycles. The first kappa shape index (κ1) is 18.7. The van der Waals surface area contributed by atoms with E-state index in [1.54, 1.807) is 13.0 Å². The van der Waals surface area contributed by atoms with Crippen molar-refractivity contribution in [3.63, 3.8) is 0 Å². The fourth-order valence-electron chi connectivity index (χ4n) is 2.23. The Kier molecular flexibility index (Phi) is 6.58. The third-order valence-corrected chi connectivity index (χ3v) is 4.47. The van der Waals surface area contributed by atoms with E-state index in [1.807, 2.05) is 38.1 Å². The van der Waals surface area contributed by atoms with Gasteiger partial charge in [-0.3, -0.25) is 4.79 Å². The predicted octanol–water partition coefficient (Wildman–Crippen LogP) is 5.28. The molecule has 2 aromatic carbocycles. The minimum absolute atomic E-state index is 0.255. The molecule has 0 bridgehead atoms. The fraction of sp³-hybridized carbons (Fsp3) is 0.316. The third kappa shape index (κ3) is 4.46. The van der Waals surface area contributed by atoms with Crippen LogP contribution in [0.2, 0.25) is 5.02 Å². The maximum absolute atomic E-state index is 11.6. The number of benzene rings is 2. The van der Waals surface area contributed by atoms with Gasteiger partial charge in [0.1, 0.15) is 18.1 Å². The summed E-state index contributed by atoms with van der Waals surface area (Å²) in [7, 11) is 0. The van der Waals surface area contributed by atoms with Crippen molar-refractivity contribution in [1.29, 1.82) is 0 Å². The number of rotatable bonds is 6. The van der Waals surface area contributed by atoms with E-state index in [0.717, 1.165) is 22.3 Å². The van der Waals surface area contributed by atoms with Crippen LogP contribution in [0.1, 0.15) is 35.6 Å². The molecule has 0 radical (unpaired) electrons. The normalized spacial score (nSPS) is 10.5. The van der Waals surface area contributed by atoms with Crippen molar-refractivity contribution in [2.24, 2.45) is 0 Å². The van der Waals surface area contributed by atoms with E-state index in [1.165, 1.54) is 0 Å². The van der Waals surface area contributed by atoms with Crippen LogP contribution in [0.4, 0.5) is 0 Å². The average molecular weight is 365 g/mol. The summed E-state index contributed by atoms with van der Waals surface area (Å²) in [5.74, 6) is 1.36. The van der Waals surface area contributed by atoms with E-state index in [-0.39, 0.29) is 12.6 Å². The second-order valence-electron chi connectivity index (χ2n) is 5.54. The lowest BCUT2D eigenvalue weighted by Crippen LogP contribution is -2.10. The van der Waals surface area contributed by atoms with E-state index in [9.17, 15) is 4.79 Å². The maximum Gasteiger partial charge on any atom is 0.310 e. The van der Waals surface area contributed by atoms with Crippen LogP contribution in [0, 0.1) is 13.8 Å². The molecule has 0 saturated carbocycles. The molecule has 128 valence electrons. The molecule has 0 aliphatic rings. The number of hydrogen-bond donors (Lipinski definition) is 1. The number of carbonyl (C=O) groups excluding carboxylic acids is 1. The lowest BCUT2D eigenvalue weighted by molar-refractivity contribution is -0.134. The monoisotopic (exact) mass is 364 g/mol. The Hall–Kier alpha value is -1.65. The summed E-state index contributed by atoms with van der Waals surface area (Å²) in [6, 6.07) is 9.35. The molecule has 0 heterocycles. The zero-order valence-corrected chi connectivity index (χ0v) is 15.7. The summed E-state index contributed by atoms with van der Waals surface area (Å²) < 4.78 is 11.3. The lowest BCUT2D eigenvalue weighted by Gasteiger charge is -2.16. The van der Waals surface area contributed by atoms with Gasteiger partial charge in [-0.15, -0.1) is 0 Å². The molecule has 0 aromatic heterocycles. The molecule has 2 aromatic rings. The number of halogens is 1. The smallest absolute Gasteiger partial charge is 0.310 e. The molecule has 2 rings (SSSR count). The van der Waals surface area contributed by atoms with Crippen LogP contribution in [-0.2, 0) is 17.2 Å². The Morgan fingerprint density at radius 1 is 1.17 bits per heavy atom. The molecule has 3 nitrogen and oxygen atoms in total. The second kappa shape index (κ2) is 8.45. The first-order chi connectivity index (χ1) is 11.5. The first-order valence-electron chi connectivity index (χ1n) is 7.78. The molecule has 0 N–H and O–H groups in total. The van der Waals surface area contributed by atoms with Gasteiger partial charge in [0, 0.05) is 17.7 Å². The van der Waals surface area contributed by atoms with Crippen molar-refractivity contribution in [1.82, 2.24) is 0 Å². The van der Waals surface area contributed by atoms with E-state index >= 15 is 0 Å². The molecule has 0 fully saturated rings. The van der Waals surface area contributed by atoms with Crippen LogP contribution in [0.15, 0.2) is 30.3 Å². The first-order valence-corrected chi connectivity index (χ1v) is 8.79. The van der Waals surface area contributed by atoms with Gasteiger partial charge < -0.3 is 9.47 Å². The van der Waals surface area contributed by atoms with Crippen LogP contribution in [-0.4, -0.2) is 5.97 Å². The van der Waals surface area contributed by atoms with Crippen LogP contribution >= 0.6 is 24.2 Å². The van der Waals surface area contributed by atoms with Gasteiger partial charge in [0.15, 0.2) is 0 Å². The summed E-state index contributed by atoms with van der Waals surface area (Å²) in [5.41, 5.74) is 3.98. The van der Waals surface area contributed by atoms with Crippen molar-refractivity contribution in [3.8, 4) is 11.5 Å². The Balaban J connectivity index is 2.28. The second-order valence-corrected chi connectivity index (χ2v) is 6.26. The molecule has 0 amide bonds. The number of thiol groups is 1. The Labute approximate surface area is 153 Å². The van der Waals surface area contributed by atoms with Crippen LogP contribution in [0.5, 0.6) is 11.5 Å². The number of aryl methyl sites for hydroxylation is 2. The van der Waals surface area contributed by atoms with Crippen LogP contribution < -0.4 is 9.47 Å². The van der Waals surface area contributed by atoms with Crippen molar-refractivity contribution >= 4 is 30.2 Å². The van der Waals surface area contributed by atoms with Crippen molar-refractivity contribution < 1.29 is 14.3 Å². The quantitative estimate of drug-likeness (QED) is 0.430.